The number of H-pyrrole nitrogens is 1. The first-order valence-electron chi connectivity index (χ1n) is 7.81. The Morgan fingerprint density at radius 1 is 1.04 bits per heavy atom. The van der Waals surface area contributed by atoms with Crippen LogP contribution in [0.25, 0.3) is 11.3 Å². The topological polar surface area (TPSA) is 66.1 Å². The van der Waals surface area contributed by atoms with E-state index < -0.39 is 38.3 Å². The quantitative estimate of drug-likeness (QED) is 0.642. The third-order valence-electron chi connectivity index (χ3n) is 4.37. The summed E-state index contributed by atoms with van der Waals surface area (Å²) in [5, 5.41) is 6.47. The molecule has 3 aromatic rings. The maximum Gasteiger partial charge on any atom is 0.416 e. The van der Waals surface area contributed by atoms with Crippen LogP contribution in [0.5, 0.6) is 0 Å². The Kier molecular flexibility index (Phi) is 3.96. The number of rotatable bonds is 2. The van der Waals surface area contributed by atoms with Crippen molar-refractivity contribution in [2.75, 3.05) is 4.31 Å². The second-order valence-corrected chi connectivity index (χ2v) is 7.94. The molecule has 0 atom stereocenters. The Morgan fingerprint density at radius 3 is 2.32 bits per heavy atom. The molecule has 0 unspecified atom stereocenters. The van der Waals surface area contributed by atoms with E-state index in [1.54, 1.807) is 0 Å². The lowest BCUT2D eigenvalue weighted by molar-refractivity contribution is -0.137. The van der Waals surface area contributed by atoms with Gasteiger partial charge < -0.3 is 0 Å². The number of hydrogen-bond donors (Lipinski definition) is 1. The fraction of sp³-hybridized carbons (Fsp3) is 0.118. The van der Waals surface area contributed by atoms with Gasteiger partial charge in [0.15, 0.2) is 11.6 Å². The first-order valence-corrected chi connectivity index (χ1v) is 9.25. The molecule has 4 rings (SSSR count). The Hall–Kier alpha value is -2.95. The van der Waals surface area contributed by atoms with Crippen LogP contribution < -0.4 is 4.31 Å². The number of nitrogens with one attached hydrogen (secondary N) is 1. The van der Waals surface area contributed by atoms with Crippen molar-refractivity contribution in [2.45, 2.75) is 17.6 Å². The van der Waals surface area contributed by atoms with Crippen molar-refractivity contribution < 1.29 is 30.4 Å². The summed E-state index contributed by atoms with van der Waals surface area (Å²) in [5.41, 5.74) is -0.423. The number of hydrogen-bond acceptors (Lipinski definition) is 3. The van der Waals surface area contributed by atoms with Crippen LogP contribution in [0, 0.1) is 11.6 Å². The molecule has 1 aliphatic rings. The Labute approximate surface area is 155 Å². The molecular weight excluding hydrogens is 405 g/mol. The van der Waals surface area contributed by atoms with E-state index in [0.717, 1.165) is 28.6 Å². The van der Waals surface area contributed by atoms with Crippen molar-refractivity contribution in [1.82, 2.24) is 10.2 Å². The molecule has 2 aromatic carbocycles. The molecule has 2 heterocycles. The standard InChI is InChI=1S/C17H10F5N3O2S/c18-13-5-12-15(6-14(13)19)25(8-9-7-23-24-16(9)12)28(26,27)11-3-1-10(2-4-11)17(20,21)22/h1-7H,8H2,(H,23,24). The molecule has 5 nitrogen and oxygen atoms in total. The summed E-state index contributed by atoms with van der Waals surface area (Å²) in [6.45, 7) is -0.243. The first-order chi connectivity index (χ1) is 13.1. The molecule has 1 N–H and O–H groups in total. The van der Waals surface area contributed by atoms with Gasteiger partial charge in [0.05, 0.1) is 28.4 Å². The Bertz CT molecular complexity index is 1170. The normalized spacial score (nSPS) is 14.0. The molecule has 0 aliphatic carbocycles. The first kappa shape index (κ1) is 18.4. The summed E-state index contributed by atoms with van der Waals surface area (Å²) in [7, 11) is -4.35. The number of fused-ring (bicyclic) bond motifs is 3. The van der Waals surface area contributed by atoms with Gasteiger partial charge in [0.1, 0.15) is 0 Å². The number of anilines is 1. The molecule has 0 spiro atoms. The molecule has 0 radical (unpaired) electrons. The highest BCUT2D eigenvalue weighted by molar-refractivity contribution is 7.92. The molecular formula is C17H10F5N3O2S. The van der Waals surface area contributed by atoms with E-state index in [-0.39, 0.29) is 23.5 Å². The number of aromatic amines is 1. The van der Waals surface area contributed by atoms with Gasteiger partial charge in [0.25, 0.3) is 10.0 Å². The van der Waals surface area contributed by atoms with Crippen LogP contribution in [0.2, 0.25) is 0 Å². The lowest BCUT2D eigenvalue weighted by Crippen LogP contribution is -2.33. The largest absolute Gasteiger partial charge is 0.416 e. The molecule has 0 bridgehead atoms. The third kappa shape index (κ3) is 2.82. The van der Waals surface area contributed by atoms with Crippen molar-refractivity contribution in [3.8, 4) is 11.3 Å². The van der Waals surface area contributed by atoms with Crippen LogP contribution in [-0.2, 0) is 22.7 Å². The lowest BCUT2D eigenvalue weighted by atomic mass is 10.0. The average Bonchev–Trinajstić information content (AvgIpc) is 3.10. The van der Waals surface area contributed by atoms with Gasteiger partial charge in [-0.3, -0.25) is 9.40 Å². The summed E-state index contributed by atoms with van der Waals surface area (Å²) >= 11 is 0. The number of sulfonamides is 1. The molecule has 146 valence electrons. The Balaban J connectivity index is 1.84. The molecule has 0 saturated carbocycles. The van der Waals surface area contributed by atoms with E-state index in [2.05, 4.69) is 10.2 Å². The third-order valence-corrected chi connectivity index (χ3v) is 6.14. The number of halogens is 5. The van der Waals surface area contributed by atoms with Gasteiger partial charge >= 0.3 is 6.18 Å². The molecule has 1 aliphatic heterocycles. The highest BCUT2D eigenvalue weighted by Crippen LogP contribution is 2.42. The fourth-order valence-electron chi connectivity index (χ4n) is 3.00. The second kappa shape index (κ2) is 6.03. The van der Waals surface area contributed by atoms with Crippen LogP contribution in [-0.4, -0.2) is 18.6 Å². The smallest absolute Gasteiger partial charge is 0.285 e. The van der Waals surface area contributed by atoms with E-state index in [9.17, 15) is 30.4 Å². The minimum Gasteiger partial charge on any atom is -0.285 e. The van der Waals surface area contributed by atoms with Gasteiger partial charge in [-0.2, -0.15) is 18.3 Å². The Morgan fingerprint density at radius 2 is 1.68 bits per heavy atom. The summed E-state index contributed by atoms with van der Waals surface area (Å²) < 4.78 is 92.6. The summed E-state index contributed by atoms with van der Waals surface area (Å²) in [4.78, 5) is -0.414. The van der Waals surface area contributed by atoms with Crippen LogP contribution >= 0.6 is 0 Å². The van der Waals surface area contributed by atoms with Crippen molar-refractivity contribution >= 4 is 15.7 Å². The van der Waals surface area contributed by atoms with Crippen molar-refractivity contribution in [3.63, 3.8) is 0 Å². The average molecular weight is 415 g/mol. The van der Waals surface area contributed by atoms with E-state index in [1.807, 2.05) is 0 Å². The van der Waals surface area contributed by atoms with Crippen molar-refractivity contribution in [1.29, 1.82) is 0 Å². The minimum atomic E-state index is -4.62. The highest BCUT2D eigenvalue weighted by atomic mass is 32.2. The number of aromatic nitrogens is 2. The molecule has 1 aromatic heterocycles. The van der Waals surface area contributed by atoms with Crippen LogP contribution in [0.15, 0.2) is 47.5 Å². The molecule has 0 fully saturated rings. The van der Waals surface area contributed by atoms with Gasteiger partial charge in [-0.25, -0.2) is 17.2 Å². The van der Waals surface area contributed by atoms with Gasteiger partial charge in [-0.15, -0.1) is 0 Å². The molecule has 11 heteroatoms. The highest BCUT2D eigenvalue weighted by Gasteiger charge is 2.35. The predicted molar refractivity (Wildman–Crippen MR) is 88.8 cm³/mol. The monoisotopic (exact) mass is 415 g/mol. The zero-order chi connectivity index (χ0) is 20.3. The zero-order valence-electron chi connectivity index (χ0n) is 13.8. The van der Waals surface area contributed by atoms with E-state index in [0.29, 0.717) is 17.7 Å². The maximum atomic E-state index is 13.8. The van der Waals surface area contributed by atoms with Crippen LogP contribution in [0.1, 0.15) is 11.1 Å². The predicted octanol–water partition coefficient (Wildman–Crippen LogP) is 4.08. The summed E-state index contributed by atoms with van der Waals surface area (Å²) in [6.07, 6.45) is -3.21. The van der Waals surface area contributed by atoms with Crippen molar-refractivity contribution in [2.24, 2.45) is 0 Å². The zero-order valence-corrected chi connectivity index (χ0v) is 14.6. The summed E-state index contributed by atoms with van der Waals surface area (Å²) in [6, 6.07) is 4.49. The van der Waals surface area contributed by atoms with Gasteiger partial charge in [0.2, 0.25) is 0 Å². The fourth-order valence-corrected chi connectivity index (χ4v) is 4.45. The maximum absolute atomic E-state index is 13.8. The van der Waals surface area contributed by atoms with Gasteiger partial charge in [0, 0.05) is 23.4 Å². The van der Waals surface area contributed by atoms with Gasteiger partial charge in [-0.05, 0) is 30.3 Å². The minimum absolute atomic E-state index is 0.0527. The second-order valence-electron chi connectivity index (χ2n) is 6.08. The number of nitrogens with zero attached hydrogens (tertiary/aromatic N) is 2. The number of alkyl halides is 3. The number of benzene rings is 2. The molecule has 0 saturated heterocycles. The molecule has 28 heavy (non-hydrogen) atoms. The van der Waals surface area contributed by atoms with Gasteiger partial charge in [-0.1, -0.05) is 0 Å². The summed E-state index contributed by atoms with van der Waals surface area (Å²) in [5.74, 6) is -2.44. The molecule has 0 amide bonds. The van der Waals surface area contributed by atoms with Crippen molar-refractivity contribution in [3.05, 3.63) is 65.4 Å². The van der Waals surface area contributed by atoms with Crippen LogP contribution in [0.3, 0.4) is 0 Å². The lowest BCUT2D eigenvalue weighted by Gasteiger charge is -2.30. The van der Waals surface area contributed by atoms with E-state index >= 15 is 0 Å². The van der Waals surface area contributed by atoms with Crippen LogP contribution in [0.4, 0.5) is 27.6 Å². The SMILES string of the molecule is O=S(=O)(c1ccc(C(F)(F)F)cc1)N1Cc2c[nH]nc2-c2cc(F)c(F)cc21. The van der Waals surface area contributed by atoms with E-state index in [1.165, 1.54) is 6.20 Å². The van der Waals surface area contributed by atoms with E-state index in [4.69, 9.17) is 0 Å².